The number of carbonyl (C=O) groups excluding carboxylic acids is 1. The fraction of sp³-hybridized carbons (Fsp3) is 0.370. The quantitative estimate of drug-likeness (QED) is 0.465. The maximum absolute atomic E-state index is 14.3. The normalized spacial score (nSPS) is 28.3. The SMILES string of the molecule is COC(=O)C1=C(O)CC[C@]2(S(=O)(=O)c3ccccc3)CN3CCc4c([nH]c5ccccc45)[C@@H]3C[C@]12O. The van der Waals surface area contributed by atoms with Crippen molar-refractivity contribution in [3.63, 3.8) is 0 Å². The van der Waals surface area contributed by atoms with Crippen LogP contribution in [0.5, 0.6) is 0 Å². The zero-order valence-corrected chi connectivity index (χ0v) is 20.7. The van der Waals surface area contributed by atoms with Gasteiger partial charge < -0.3 is 19.9 Å². The van der Waals surface area contributed by atoms with Crippen molar-refractivity contribution in [2.75, 3.05) is 20.2 Å². The lowest BCUT2D eigenvalue weighted by Gasteiger charge is -2.58. The number of nitrogens with one attached hydrogen (secondary N) is 1. The van der Waals surface area contributed by atoms with Crippen molar-refractivity contribution in [1.29, 1.82) is 0 Å². The number of sulfone groups is 1. The molecule has 6 rings (SSSR count). The number of fused-ring (bicyclic) bond motifs is 6. The minimum Gasteiger partial charge on any atom is -0.512 e. The number of benzene rings is 2. The molecule has 0 saturated carbocycles. The molecule has 0 bridgehead atoms. The Balaban J connectivity index is 1.57. The Labute approximate surface area is 209 Å². The van der Waals surface area contributed by atoms with Gasteiger partial charge in [-0.15, -0.1) is 0 Å². The molecule has 3 aliphatic rings. The van der Waals surface area contributed by atoms with Crippen molar-refractivity contribution in [2.24, 2.45) is 0 Å². The summed E-state index contributed by atoms with van der Waals surface area (Å²) in [6, 6.07) is 15.6. The summed E-state index contributed by atoms with van der Waals surface area (Å²) in [5, 5.41) is 24.4. The maximum Gasteiger partial charge on any atom is 0.340 e. The van der Waals surface area contributed by atoms with E-state index in [1.54, 1.807) is 18.2 Å². The molecule has 1 fully saturated rings. The first-order chi connectivity index (χ1) is 17.2. The molecule has 0 unspecified atom stereocenters. The van der Waals surface area contributed by atoms with Crippen LogP contribution in [0.2, 0.25) is 0 Å². The third-order valence-electron chi connectivity index (χ3n) is 8.40. The van der Waals surface area contributed by atoms with Crippen molar-refractivity contribution >= 4 is 26.7 Å². The summed E-state index contributed by atoms with van der Waals surface area (Å²) < 4.78 is 31.9. The smallest absolute Gasteiger partial charge is 0.340 e. The van der Waals surface area contributed by atoms with Gasteiger partial charge in [0.25, 0.3) is 0 Å². The highest BCUT2D eigenvalue weighted by Crippen LogP contribution is 2.57. The van der Waals surface area contributed by atoms with Crippen molar-refractivity contribution in [1.82, 2.24) is 9.88 Å². The molecular formula is C27H28N2O6S. The zero-order valence-electron chi connectivity index (χ0n) is 19.9. The second kappa shape index (κ2) is 7.93. The molecule has 3 aromatic rings. The van der Waals surface area contributed by atoms with Crippen molar-refractivity contribution in [3.05, 3.63) is 77.2 Å². The third-order valence-corrected chi connectivity index (χ3v) is 11.0. The highest BCUT2D eigenvalue weighted by Gasteiger charge is 2.69. The van der Waals surface area contributed by atoms with Crippen LogP contribution in [0.4, 0.5) is 0 Å². The topological polar surface area (TPSA) is 120 Å². The van der Waals surface area contributed by atoms with E-state index >= 15 is 0 Å². The molecule has 1 aromatic heterocycles. The van der Waals surface area contributed by atoms with Gasteiger partial charge in [0, 0.05) is 42.5 Å². The summed E-state index contributed by atoms with van der Waals surface area (Å²) in [7, 11) is -2.98. The van der Waals surface area contributed by atoms with Crippen molar-refractivity contribution in [2.45, 2.75) is 47.0 Å². The molecule has 8 nitrogen and oxygen atoms in total. The first-order valence-corrected chi connectivity index (χ1v) is 13.6. The summed E-state index contributed by atoms with van der Waals surface area (Å²) >= 11 is 0. The van der Waals surface area contributed by atoms with Crippen LogP contribution >= 0.6 is 0 Å². The minimum absolute atomic E-state index is 0.0180. The second-order valence-corrected chi connectivity index (χ2v) is 12.2. The van der Waals surface area contributed by atoms with Crippen LogP contribution < -0.4 is 0 Å². The van der Waals surface area contributed by atoms with Crippen LogP contribution in [0.1, 0.15) is 36.6 Å². The number of H-pyrrole nitrogens is 1. The summed E-state index contributed by atoms with van der Waals surface area (Å²) in [5.41, 5.74) is 0.511. The van der Waals surface area contributed by atoms with Gasteiger partial charge in [0.1, 0.15) is 21.7 Å². The number of aliphatic hydroxyl groups is 2. The first-order valence-electron chi connectivity index (χ1n) is 12.1. The number of carbonyl (C=O) groups is 1. The van der Waals surface area contributed by atoms with E-state index in [9.17, 15) is 23.4 Å². The molecule has 1 aliphatic carbocycles. The van der Waals surface area contributed by atoms with Gasteiger partial charge in [-0.05, 0) is 36.6 Å². The van der Waals surface area contributed by atoms with Crippen molar-refractivity contribution in [3.8, 4) is 0 Å². The van der Waals surface area contributed by atoms with Crippen molar-refractivity contribution < 1.29 is 28.2 Å². The van der Waals surface area contributed by atoms with Crippen LogP contribution in [0, 0.1) is 0 Å². The number of hydrogen-bond acceptors (Lipinski definition) is 7. The predicted octanol–water partition coefficient (Wildman–Crippen LogP) is 3.19. The van der Waals surface area contributed by atoms with Crippen LogP contribution in [0.25, 0.3) is 10.9 Å². The van der Waals surface area contributed by atoms with E-state index in [0.29, 0.717) is 6.54 Å². The first kappa shape index (κ1) is 23.3. The lowest BCUT2D eigenvalue weighted by molar-refractivity contribution is -0.143. The van der Waals surface area contributed by atoms with Crippen LogP contribution in [-0.4, -0.2) is 65.0 Å². The monoisotopic (exact) mass is 508 g/mol. The number of aromatic amines is 1. The van der Waals surface area contributed by atoms with E-state index in [2.05, 4.69) is 9.88 Å². The molecule has 3 N–H and O–H groups in total. The van der Waals surface area contributed by atoms with Gasteiger partial charge >= 0.3 is 5.97 Å². The Bertz CT molecular complexity index is 1510. The Kier molecular flexibility index (Phi) is 5.13. The van der Waals surface area contributed by atoms with Gasteiger partial charge in [-0.1, -0.05) is 36.4 Å². The molecule has 2 aromatic carbocycles. The standard InChI is InChI=1S/C27H28N2O6S/c1-35-25(31)23-22(30)11-13-26(36(33,34)17-7-3-2-4-8-17)16-29-14-12-19-18-9-5-6-10-20(18)28-24(19)21(29)15-27(23,26)32/h2-10,21,28,30,32H,11-16H2,1H3/t21-,26-,27-/m0/s1. The number of rotatable bonds is 3. The average molecular weight is 509 g/mol. The molecule has 2 aliphatic heterocycles. The van der Waals surface area contributed by atoms with E-state index in [1.165, 1.54) is 19.2 Å². The number of ether oxygens (including phenoxy) is 1. The minimum atomic E-state index is -4.15. The van der Waals surface area contributed by atoms with Crippen LogP contribution in [-0.2, 0) is 25.8 Å². The van der Waals surface area contributed by atoms with Gasteiger partial charge in [0.15, 0.2) is 9.84 Å². The highest BCUT2D eigenvalue weighted by atomic mass is 32.2. The second-order valence-electron chi connectivity index (χ2n) is 9.99. The predicted molar refractivity (Wildman–Crippen MR) is 133 cm³/mol. The summed E-state index contributed by atoms with van der Waals surface area (Å²) in [5.74, 6) is -1.23. The van der Waals surface area contributed by atoms with Gasteiger partial charge in [-0.3, -0.25) is 4.90 Å². The van der Waals surface area contributed by atoms with E-state index < -0.39 is 26.2 Å². The number of piperidine rings is 1. The summed E-state index contributed by atoms with van der Waals surface area (Å²) in [6.45, 7) is 0.638. The number of hydrogen-bond donors (Lipinski definition) is 3. The largest absolute Gasteiger partial charge is 0.512 e. The number of para-hydroxylation sites is 1. The lowest BCUT2D eigenvalue weighted by atomic mass is 9.65. The molecule has 0 spiro atoms. The van der Waals surface area contributed by atoms with E-state index in [1.807, 2.05) is 24.3 Å². The fourth-order valence-corrected chi connectivity index (χ4v) is 8.97. The third kappa shape index (κ3) is 2.93. The van der Waals surface area contributed by atoms with Gasteiger partial charge in [0.2, 0.25) is 0 Å². The Morgan fingerprint density at radius 3 is 2.58 bits per heavy atom. The van der Waals surface area contributed by atoms with Gasteiger partial charge in [0.05, 0.1) is 18.0 Å². The average Bonchev–Trinajstić information content (AvgIpc) is 3.27. The summed E-state index contributed by atoms with van der Waals surface area (Å²) in [6.07, 6.45) is 0.596. The summed E-state index contributed by atoms with van der Waals surface area (Å²) in [4.78, 5) is 18.6. The molecule has 1 saturated heterocycles. The number of aliphatic hydroxyl groups excluding tert-OH is 1. The number of allylic oxidation sites excluding steroid dienone is 1. The molecular weight excluding hydrogens is 480 g/mol. The molecule has 188 valence electrons. The molecule has 3 heterocycles. The Morgan fingerprint density at radius 2 is 1.83 bits per heavy atom. The molecule has 36 heavy (non-hydrogen) atoms. The molecule has 3 atom stereocenters. The lowest BCUT2D eigenvalue weighted by Crippen LogP contribution is -2.72. The van der Waals surface area contributed by atoms with E-state index in [4.69, 9.17) is 4.74 Å². The van der Waals surface area contributed by atoms with Crippen LogP contribution in [0.15, 0.2) is 70.8 Å². The zero-order chi connectivity index (χ0) is 25.3. The van der Waals surface area contributed by atoms with Crippen LogP contribution in [0.3, 0.4) is 0 Å². The number of aromatic nitrogens is 1. The Morgan fingerprint density at radius 1 is 1.11 bits per heavy atom. The number of esters is 1. The fourth-order valence-electron chi connectivity index (χ4n) is 6.67. The molecule has 0 radical (unpaired) electrons. The van der Waals surface area contributed by atoms with Gasteiger partial charge in [-0.2, -0.15) is 0 Å². The molecule has 9 heteroatoms. The number of methoxy groups -OCH3 is 1. The van der Waals surface area contributed by atoms with E-state index in [-0.39, 0.29) is 48.1 Å². The maximum atomic E-state index is 14.3. The highest BCUT2D eigenvalue weighted by molar-refractivity contribution is 7.93. The molecule has 0 amide bonds. The Hall–Kier alpha value is -3.14. The van der Waals surface area contributed by atoms with Gasteiger partial charge in [-0.25, -0.2) is 13.2 Å². The van der Waals surface area contributed by atoms with E-state index in [0.717, 1.165) is 28.6 Å². The number of nitrogens with zero attached hydrogens (tertiary/aromatic N) is 1.